The number of methoxy groups -OCH3 is 3. The fraction of sp³-hybridized carbons (Fsp3) is 0.182. The first-order valence-electron chi connectivity index (χ1n) is 13.4. The van der Waals surface area contributed by atoms with E-state index >= 15 is 0 Å². The normalized spacial score (nSPS) is 21.6. The molecule has 0 spiro atoms. The Morgan fingerprint density at radius 1 is 0.881 bits per heavy atom. The first kappa shape index (κ1) is 25.8. The van der Waals surface area contributed by atoms with Crippen molar-refractivity contribution in [1.82, 2.24) is 15.0 Å². The van der Waals surface area contributed by atoms with Gasteiger partial charge in [0.05, 0.1) is 44.1 Å². The molecule has 1 aliphatic heterocycles. The molecule has 0 saturated carbocycles. The smallest absolute Gasteiger partial charge is 0.255 e. The molecule has 0 fully saturated rings. The molecule has 3 atom stereocenters. The second-order valence-electron chi connectivity index (χ2n) is 10.2. The summed E-state index contributed by atoms with van der Waals surface area (Å²) in [5, 5.41) is 13.4. The Balaban J connectivity index is 1.64. The first-order chi connectivity index (χ1) is 20.5. The molecular formula is C33H27N3O6. The summed E-state index contributed by atoms with van der Waals surface area (Å²) in [4.78, 5) is 26.4. The van der Waals surface area contributed by atoms with Crippen LogP contribution in [0.5, 0.6) is 23.0 Å². The summed E-state index contributed by atoms with van der Waals surface area (Å²) in [6, 6.07) is 25.6. The number of fused-ring (bicyclic) bond motifs is 5. The molecule has 9 nitrogen and oxygen atoms in total. The topological polar surface area (TPSA) is 116 Å². The third-order valence-corrected chi connectivity index (χ3v) is 8.22. The van der Waals surface area contributed by atoms with Gasteiger partial charge in [-0.2, -0.15) is 0 Å². The Kier molecular flexibility index (Phi) is 5.81. The van der Waals surface area contributed by atoms with E-state index in [1.807, 2.05) is 48.5 Å². The van der Waals surface area contributed by atoms with E-state index in [1.54, 1.807) is 56.8 Å². The van der Waals surface area contributed by atoms with Crippen molar-refractivity contribution >= 4 is 0 Å². The highest BCUT2D eigenvalue weighted by atomic mass is 16.5. The molecule has 2 aliphatic rings. The largest absolute Gasteiger partial charge is 0.497 e. The van der Waals surface area contributed by atoms with Gasteiger partial charge in [0.2, 0.25) is 0 Å². The van der Waals surface area contributed by atoms with Gasteiger partial charge in [0, 0.05) is 23.9 Å². The van der Waals surface area contributed by atoms with Crippen LogP contribution in [0.1, 0.15) is 33.9 Å². The van der Waals surface area contributed by atoms with Crippen LogP contribution in [0.25, 0.3) is 11.5 Å². The summed E-state index contributed by atoms with van der Waals surface area (Å²) < 4.78 is 23.8. The number of benzene rings is 3. The molecule has 3 heterocycles. The van der Waals surface area contributed by atoms with E-state index in [9.17, 15) is 9.90 Å². The summed E-state index contributed by atoms with van der Waals surface area (Å²) in [6.45, 7) is 0. The van der Waals surface area contributed by atoms with Crippen LogP contribution in [0.4, 0.5) is 0 Å². The van der Waals surface area contributed by atoms with Crippen molar-refractivity contribution in [3.05, 3.63) is 129 Å². The Morgan fingerprint density at radius 2 is 1.62 bits per heavy atom. The van der Waals surface area contributed by atoms with Gasteiger partial charge in [-0.3, -0.25) is 9.78 Å². The lowest BCUT2D eigenvalue weighted by molar-refractivity contribution is -0.0909. The lowest BCUT2D eigenvalue weighted by atomic mass is 9.70. The van der Waals surface area contributed by atoms with Crippen LogP contribution >= 0.6 is 0 Å². The predicted molar refractivity (Wildman–Crippen MR) is 154 cm³/mol. The van der Waals surface area contributed by atoms with Crippen LogP contribution < -0.4 is 24.5 Å². The highest BCUT2D eigenvalue weighted by molar-refractivity contribution is 5.69. The zero-order chi connectivity index (χ0) is 29.1. The van der Waals surface area contributed by atoms with E-state index in [4.69, 9.17) is 23.9 Å². The molecule has 7 rings (SSSR count). The number of aromatic nitrogens is 3. The van der Waals surface area contributed by atoms with Crippen molar-refractivity contribution < 1.29 is 24.1 Å². The predicted octanol–water partition coefficient (Wildman–Crippen LogP) is 4.53. The molecule has 210 valence electrons. The third kappa shape index (κ3) is 3.37. The Morgan fingerprint density at radius 3 is 2.29 bits per heavy atom. The van der Waals surface area contributed by atoms with Crippen LogP contribution in [-0.2, 0) is 11.2 Å². The lowest BCUT2D eigenvalue weighted by Crippen LogP contribution is -2.49. The van der Waals surface area contributed by atoms with E-state index in [2.05, 4.69) is 9.97 Å². The van der Waals surface area contributed by atoms with E-state index in [1.165, 1.54) is 7.11 Å². The standard InChI is InChI=1S/C33H27N3O6/c1-39-21-14-12-20(13-15-21)33-27(19-9-5-4-6-10-19)26-29(35-30(36-31(26)37)23-11-7-8-16-34-23)32(33,38)28-24(41-3)17-22(40-2)18-25(28)42-33/h4-18,27,38H,1-3H3,(H,35,36,37)/t27-,32+,33+/m1/s1. The van der Waals surface area contributed by atoms with Gasteiger partial charge < -0.3 is 29.0 Å². The van der Waals surface area contributed by atoms with Crippen molar-refractivity contribution in [3.63, 3.8) is 0 Å². The van der Waals surface area contributed by atoms with Crippen molar-refractivity contribution in [2.24, 2.45) is 0 Å². The lowest BCUT2D eigenvalue weighted by Gasteiger charge is -2.40. The number of H-pyrrole nitrogens is 1. The van der Waals surface area contributed by atoms with Gasteiger partial charge >= 0.3 is 0 Å². The molecule has 9 heteroatoms. The van der Waals surface area contributed by atoms with E-state index in [0.29, 0.717) is 45.4 Å². The van der Waals surface area contributed by atoms with E-state index in [0.717, 1.165) is 5.56 Å². The number of rotatable bonds is 6. The Labute approximate surface area is 241 Å². The van der Waals surface area contributed by atoms with Crippen molar-refractivity contribution in [1.29, 1.82) is 0 Å². The Bertz CT molecular complexity index is 1860. The van der Waals surface area contributed by atoms with Crippen LogP contribution in [0.2, 0.25) is 0 Å². The van der Waals surface area contributed by atoms with Gasteiger partial charge in [0.15, 0.2) is 17.0 Å². The monoisotopic (exact) mass is 561 g/mol. The van der Waals surface area contributed by atoms with Crippen molar-refractivity contribution in [2.75, 3.05) is 21.3 Å². The average molecular weight is 562 g/mol. The molecule has 2 aromatic heterocycles. The van der Waals surface area contributed by atoms with Crippen LogP contribution in [0.15, 0.2) is 95.9 Å². The number of nitrogens with one attached hydrogen (secondary N) is 1. The number of hydrogen-bond donors (Lipinski definition) is 2. The number of aromatic amines is 1. The molecule has 42 heavy (non-hydrogen) atoms. The summed E-state index contributed by atoms with van der Waals surface area (Å²) in [6.07, 6.45) is 1.62. The molecule has 0 bridgehead atoms. The van der Waals surface area contributed by atoms with Gasteiger partial charge in [-0.05, 0) is 29.8 Å². The molecule has 3 aromatic carbocycles. The number of pyridine rings is 1. The summed E-state index contributed by atoms with van der Waals surface area (Å²) in [5.74, 6) is 1.27. The second-order valence-corrected chi connectivity index (χ2v) is 10.2. The molecule has 0 amide bonds. The van der Waals surface area contributed by atoms with Crippen molar-refractivity contribution in [3.8, 4) is 34.5 Å². The number of ether oxygens (including phenoxy) is 4. The number of hydrogen-bond acceptors (Lipinski definition) is 8. The minimum atomic E-state index is -1.97. The van der Waals surface area contributed by atoms with Gasteiger partial charge in [-0.15, -0.1) is 0 Å². The molecule has 2 N–H and O–H groups in total. The summed E-state index contributed by atoms with van der Waals surface area (Å²) in [5.41, 5.74) is -1.28. The minimum Gasteiger partial charge on any atom is -0.497 e. The maximum Gasteiger partial charge on any atom is 0.255 e. The van der Waals surface area contributed by atoms with Gasteiger partial charge in [0.25, 0.3) is 5.56 Å². The molecule has 0 radical (unpaired) electrons. The van der Waals surface area contributed by atoms with Crippen LogP contribution in [0, 0.1) is 0 Å². The minimum absolute atomic E-state index is 0.166. The Hall–Kier alpha value is -5.15. The van der Waals surface area contributed by atoms with Gasteiger partial charge in [0.1, 0.15) is 28.7 Å². The second kappa shape index (κ2) is 9.46. The van der Waals surface area contributed by atoms with Crippen molar-refractivity contribution in [2.45, 2.75) is 17.1 Å². The molecular weight excluding hydrogens is 534 g/mol. The maximum absolute atomic E-state index is 14.1. The number of nitrogens with zero attached hydrogens (tertiary/aromatic N) is 2. The highest BCUT2D eigenvalue weighted by Crippen LogP contribution is 2.69. The summed E-state index contributed by atoms with van der Waals surface area (Å²) in [7, 11) is 4.65. The molecule has 1 aliphatic carbocycles. The van der Waals surface area contributed by atoms with E-state index < -0.39 is 22.7 Å². The maximum atomic E-state index is 14.1. The van der Waals surface area contributed by atoms with Gasteiger partial charge in [-0.1, -0.05) is 48.5 Å². The molecule has 0 saturated heterocycles. The van der Waals surface area contributed by atoms with Gasteiger partial charge in [-0.25, -0.2) is 4.98 Å². The fourth-order valence-electron chi connectivity index (χ4n) is 6.45. The average Bonchev–Trinajstić information content (AvgIpc) is 3.44. The third-order valence-electron chi connectivity index (χ3n) is 8.22. The fourth-order valence-corrected chi connectivity index (χ4v) is 6.45. The molecule has 0 unspecified atom stereocenters. The van der Waals surface area contributed by atoms with E-state index in [-0.39, 0.29) is 11.5 Å². The SMILES string of the molecule is COc1ccc([C@@]23Oc4cc(OC)cc(OC)c4[C@]2(O)c2nc(-c4ccccn4)[nH]c(=O)c2[C@H]3c2ccccc2)cc1. The molecule has 5 aromatic rings. The summed E-state index contributed by atoms with van der Waals surface area (Å²) >= 11 is 0. The zero-order valence-corrected chi connectivity index (χ0v) is 23.1. The number of aliphatic hydroxyl groups is 1. The van der Waals surface area contributed by atoms with Crippen LogP contribution in [0.3, 0.4) is 0 Å². The first-order valence-corrected chi connectivity index (χ1v) is 13.4. The highest BCUT2D eigenvalue weighted by Gasteiger charge is 2.73. The quantitative estimate of drug-likeness (QED) is 0.311. The van der Waals surface area contributed by atoms with Crippen LogP contribution in [-0.4, -0.2) is 41.4 Å². The zero-order valence-electron chi connectivity index (χ0n) is 23.1.